The number of carbonyl (C=O) groups excluding carboxylic acids is 4. The number of Topliss-reactive ketones (excluding diaryl/α,β-unsaturated/α-hetero) is 1. The Morgan fingerprint density at radius 1 is 1.25 bits per heavy atom. The van der Waals surface area contributed by atoms with Crippen molar-refractivity contribution < 1.29 is 23.9 Å². The van der Waals surface area contributed by atoms with E-state index < -0.39 is 35.8 Å². The lowest BCUT2D eigenvalue weighted by atomic mass is 10.0. The molecule has 0 aliphatic carbocycles. The first-order valence-corrected chi connectivity index (χ1v) is 10.3. The molecule has 2 heterocycles. The second-order valence-electron chi connectivity index (χ2n) is 7.74. The molecule has 11 heteroatoms. The first-order valence-electron chi connectivity index (χ1n) is 10.3. The molecule has 170 valence electrons. The van der Waals surface area contributed by atoms with Crippen molar-refractivity contribution in [2.45, 2.75) is 45.5 Å². The zero-order valence-electron chi connectivity index (χ0n) is 17.9. The maximum absolute atomic E-state index is 12.9. The van der Waals surface area contributed by atoms with E-state index in [4.69, 9.17) is 4.74 Å². The Kier molecular flexibility index (Phi) is 7.53. The number of carbonyl (C=O) groups is 4. The summed E-state index contributed by atoms with van der Waals surface area (Å²) in [5.41, 5.74) is 0.804. The van der Waals surface area contributed by atoms with Gasteiger partial charge in [0.15, 0.2) is 5.82 Å². The van der Waals surface area contributed by atoms with Gasteiger partial charge < -0.3 is 20.7 Å². The van der Waals surface area contributed by atoms with Crippen LogP contribution in [0.1, 0.15) is 25.2 Å². The lowest BCUT2D eigenvalue weighted by molar-refractivity contribution is -0.140. The highest BCUT2D eigenvalue weighted by Gasteiger charge is 2.33. The molecule has 1 aliphatic rings. The lowest BCUT2D eigenvalue weighted by Gasteiger charge is -2.24. The van der Waals surface area contributed by atoms with Crippen LogP contribution < -0.4 is 16.0 Å². The zero-order chi connectivity index (χ0) is 23.1. The summed E-state index contributed by atoms with van der Waals surface area (Å²) >= 11 is 0. The number of aromatic nitrogens is 3. The van der Waals surface area contributed by atoms with Crippen LogP contribution in [0.15, 0.2) is 36.7 Å². The molecule has 2 atom stereocenters. The highest BCUT2D eigenvalue weighted by molar-refractivity contribution is 6.38. The smallest absolute Gasteiger partial charge is 0.408 e. The molecule has 2 unspecified atom stereocenters. The van der Waals surface area contributed by atoms with E-state index in [1.165, 1.54) is 6.33 Å². The average Bonchev–Trinajstić information content (AvgIpc) is 3.21. The highest BCUT2D eigenvalue weighted by atomic mass is 16.5. The van der Waals surface area contributed by atoms with E-state index in [1.807, 2.05) is 30.3 Å². The minimum absolute atomic E-state index is 0.0474. The fourth-order valence-corrected chi connectivity index (χ4v) is 3.14. The van der Waals surface area contributed by atoms with Gasteiger partial charge in [-0.15, -0.1) is 0 Å². The van der Waals surface area contributed by atoms with Gasteiger partial charge in [-0.25, -0.2) is 9.78 Å². The number of fused-ring (bicyclic) bond motifs is 2. The van der Waals surface area contributed by atoms with Gasteiger partial charge in [-0.3, -0.25) is 19.1 Å². The summed E-state index contributed by atoms with van der Waals surface area (Å²) in [4.78, 5) is 54.0. The Balaban J connectivity index is 1.65. The number of ketones is 1. The van der Waals surface area contributed by atoms with Gasteiger partial charge in [-0.1, -0.05) is 44.2 Å². The van der Waals surface area contributed by atoms with Crippen LogP contribution in [0.2, 0.25) is 0 Å². The van der Waals surface area contributed by atoms with Crippen molar-refractivity contribution in [3.63, 3.8) is 0 Å². The van der Waals surface area contributed by atoms with Crippen molar-refractivity contribution >= 4 is 23.7 Å². The third-order valence-electron chi connectivity index (χ3n) is 4.89. The number of hydrogen-bond acceptors (Lipinski definition) is 7. The maximum Gasteiger partial charge on any atom is 0.408 e. The van der Waals surface area contributed by atoms with E-state index in [2.05, 4.69) is 26.0 Å². The van der Waals surface area contributed by atoms with Crippen LogP contribution in [0.5, 0.6) is 0 Å². The SMILES string of the molecule is CC(C)C(NC(=O)OCc1ccccc1)C(=O)NC1Cc2ncn(n2)CCNC(=O)C1=O. The van der Waals surface area contributed by atoms with Gasteiger partial charge in [0.1, 0.15) is 25.0 Å². The van der Waals surface area contributed by atoms with Crippen LogP contribution in [0, 0.1) is 5.92 Å². The molecule has 0 saturated heterocycles. The van der Waals surface area contributed by atoms with Crippen LogP contribution in [0.3, 0.4) is 0 Å². The topological polar surface area (TPSA) is 144 Å². The Hall–Kier alpha value is -3.76. The molecule has 0 saturated carbocycles. The molecule has 1 aromatic heterocycles. The molecule has 2 aromatic rings. The van der Waals surface area contributed by atoms with Crippen LogP contribution in [0.4, 0.5) is 4.79 Å². The van der Waals surface area contributed by atoms with Crippen molar-refractivity contribution in [1.29, 1.82) is 0 Å². The normalized spacial score (nSPS) is 17.3. The van der Waals surface area contributed by atoms with Gasteiger partial charge in [0.2, 0.25) is 11.7 Å². The molecule has 3 amide bonds. The zero-order valence-corrected chi connectivity index (χ0v) is 17.9. The molecule has 3 rings (SSSR count). The standard InChI is InChI=1S/C21H26N6O5/c1-13(2)17(25-21(31)32-11-14-6-4-3-5-7-14)19(29)24-15-10-16-23-12-27(26-16)9-8-22-20(30)18(15)28/h3-7,12-13,15,17H,8-11H2,1-2H3,(H,22,30)(H,24,29)(H,25,31). The Morgan fingerprint density at radius 2 is 2.00 bits per heavy atom. The summed E-state index contributed by atoms with van der Waals surface area (Å²) in [5.74, 6) is -2.19. The van der Waals surface area contributed by atoms with E-state index in [9.17, 15) is 19.2 Å². The minimum Gasteiger partial charge on any atom is -0.445 e. The molecular formula is C21H26N6O5. The fraction of sp³-hybridized carbons (Fsp3) is 0.429. The van der Waals surface area contributed by atoms with Gasteiger partial charge in [0.05, 0.1) is 6.54 Å². The van der Waals surface area contributed by atoms with Gasteiger partial charge in [-0.05, 0) is 11.5 Å². The number of rotatable bonds is 6. The molecule has 0 spiro atoms. The predicted octanol–water partition coefficient (Wildman–Crippen LogP) is -0.0447. The van der Waals surface area contributed by atoms with Gasteiger partial charge in [-0.2, -0.15) is 5.10 Å². The monoisotopic (exact) mass is 442 g/mol. The molecule has 0 radical (unpaired) electrons. The Bertz CT molecular complexity index is 974. The van der Waals surface area contributed by atoms with E-state index in [-0.39, 0.29) is 25.5 Å². The van der Waals surface area contributed by atoms with Crippen molar-refractivity contribution in [2.75, 3.05) is 6.54 Å². The van der Waals surface area contributed by atoms with Crippen molar-refractivity contribution in [3.05, 3.63) is 48.0 Å². The van der Waals surface area contributed by atoms with E-state index in [0.717, 1.165) is 5.56 Å². The van der Waals surface area contributed by atoms with Crippen molar-refractivity contribution in [1.82, 2.24) is 30.7 Å². The minimum atomic E-state index is -1.17. The van der Waals surface area contributed by atoms with Crippen molar-refractivity contribution in [2.24, 2.45) is 5.92 Å². The summed E-state index contributed by atoms with van der Waals surface area (Å²) < 4.78 is 6.74. The van der Waals surface area contributed by atoms with Gasteiger partial charge in [0.25, 0.3) is 5.91 Å². The number of amides is 3. The number of benzene rings is 1. The number of hydrogen-bond donors (Lipinski definition) is 3. The van der Waals surface area contributed by atoms with Gasteiger partial charge in [0, 0.05) is 13.0 Å². The summed E-state index contributed by atoms with van der Waals surface area (Å²) in [5, 5.41) is 11.8. The molecule has 2 bridgehead atoms. The van der Waals surface area contributed by atoms with Crippen LogP contribution in [-0.2, 0) is 38.7 Å². The number of nitrogens with one attached hydrogen (secondary N) is 3. The Labute approximate surface area is 184 Å². The van der Waals surface area contributed by atoms with E-state index in [1.54, 1.807) is 18.5 Å². The molecule has 1 aromatic carbocycles. The van der Waals surface area contributed by atoms with Crippen LogP contribution >= 0.6 is 0 Å². The summed E-state index contributed by atoms with van der Waals surface area (Å²) in [7, 11) is 0. The summed E-state index contributed by atoms with van der Waals surface area (Å²) in [6.45, 7) is 4.12. The molecular weight excluding hydrogens is 416 g/mol. The van der Waals surface area contributed by atoms with Gasteiger partial charge >= 0.3 is 6.09 Å². The second kappa shape index (κ2) is 10.5. The quantitative estimate of drug-likeness (QED) is 0.532. The first kappa shape index (κ1) is 22.9. The third-order valence-corrected chi connectivity index (χ3v) is 4.89. The number of ether oxygens (including phenoxy) is 1. The third kappa shape index (κ3) is 6.13. The summed E-state index contributed by atoms with van der Waals surface area (Å²) in [6, 6.07) is 6.98. The Morgan fingerprint density at radius 3 is 2.72 bits per heavy atom. The van der Waals surface area contributed by atoms with Crippen molar-refractivity contribution in [3.8, 4) is 0 Å². The first-order chi connectivity index (χ1) is 15.3. The number of nitrogens with zero attached hydrogens (tertiary/aromatic N) is 3. The average molecular weight is 442 g/mol. The maximum atomic E-state index is 12.9. The fourth-order valence-electron chi connectivity index (χ4n) is 3.14. The van der Waals surface area contributed by atoms with E-state index >= 15 is 0 Å². The number of alkyl carbamates (subject to hydrolysis) is 1. The molecule has 11 nitrogen and oxygen atoms in total. The molecule has 1 aliphatic heterocycles. The predicted molar refractivity (Wildman–Crippen MR) is 112 cm³/mol. The van der Waals surface area contributed by atoms with Crippen LogP contribution in [-0.4, -0.2) is 57.1 Å². The highest BCUT2D eigenvalue weighted by Crippen LogP contribution is 2.07. The molecule has 3 N–H and O–H groups in total. The largest absolute Gasteiger partial charge is 0.445 e. The second-order valence-corrected chi connectivity index (χ2v) is 7.74. The summed E-state index contributed by atoms with van der Waals surface area (Å²) in [6.07, 6.45) is 0.684. The van der Waals surface area contributed by atoms with Crippen LogP contribution in [0.25, 0.3) is 0 Å². The lowest BCUT2D eigenvalue weighted by Crippen LogP contribution is -2.56. The van der Waals surface area contributed by atoms with E-state index in [0.29, 0.717) is 12.4 Å². The molecule has 32 heavy (non-hydrogen) atoms. The molecule has 0 fully saturated rings.